The van der Waals surface area contributed by atoms with Gasteiger partial charge in [0.25, 0.3) is 5.91 Å². The van der Waals surface area contributed by atoms with Crippen molar-refractivity contribution in [1.29, 1.82) is 0 Å². The number of amides is 1. The summed E-state index contributed by atoms with van der Waals surface area (Å²) in [5.74, 6) is 0.495. The molecule has 0 saturated carbocycles. The summed E-state index contributed by atoms with van der Waals surface area (Å²) < 4.78 is 48.2. The molecule has 3 aliphatic rings. The van der Waals surface area contributed by atoms with E-state index in [-0.39, 0.29) is 47.7 Å². The van der Waals surface area contributed by atoms with Gasteiger partial charge in [0.05, 0.1) is 24.0 Å². The maximum absolute atomic E-state index is 13.1. The van der Waals surface area contributed by atoms with Gasteiger partial charge in [-0.1, -0.05) is 23.9 Å². The molecule has 0 unspecified atom stereocenters. The molecule has 2 atom stereocenters. The maximum atomic E-state index is 13.1. The van der Waals surface area contributed by atoms with E-state index in [1.54, 1.807) is 30.3 Å². The molecule has 2 aromatic rings. The zero-order valence-electron chi connectivity index (χ0n) is 15.7. The lowest BCUT2D eigenvalue weighted by molar-refractivity contribution is -0.117. The molecule has 7 nitrogen and oxygen atoms in total. The van der Waals surface area contributed by atoms with Crippen LogP contribution in [0.3, 0.4) is 0 Å². The Morgan fingerprint density at radius 2 is 1.90 bits per heavy atom. The van der Waals surface area contributed by atoms with Crippen LogP contribution in [0.1, 0.15) is 5.56 Å². The molecule has 0 N–H and O–H groups in total. The smallest absolute Gasteiger partial charge is 0.252 e. The highest BCUT2D eigenvalue weighted by Gasteiger charge is 2.49. The van der Waals surface area contributed by atoms with Gasteiger partial charge in [-0.2, -0.15) is 4.99 Å². The number of hydrogen-bond donors (Lipinski definition) is 0. The molecular formula is C20H17FN2O5S2. The normalized spacial score (nSPS) is 25.0. The SMILES string of the molecule is O=C(Cc1ccc(F)cc1)N=C1S[C@@H]2CS(=O)(=O)C[C@H]2N1c1ccc2c(c1)OCO2. The number of carbonyl (C=O) groups is 1. The van der Waals surface area contributed by atoms with E-state index in [9.17, 15) is 17.6 Å². The lowest BCUT2D eigenvalue weighted by atomic mass is 10.1. The van der Waals surface area contributed by atoms with E-state index in [2.05, 4.69) is 4.99 Å². The Kier molecular flexibility index (Phi) is 4.70. The number of fused-ring (bicyclic) bond motifs is 2. The van der Waals surface area contributed by atoms with Crippen LogP contribution in [0.15, 0.2) is 47.5 Å². The van der Waals surface area contributed by atoms with Crippen molar-refractivity contribution in [3.05, 3.63) is 53.8 Å². The van der Waals surface area contributed by atoms with Crippen molar-refractivity contribution >= 4 is 38.4 Å². The van der Waals surface area contributed by atoms with Crippen LogP contribution in [-0.2, 0) is 21.1 Å². The van der Waals surface area contributed by atoms with Crippen LogP contribution >= 0.6 is 11.8 Å². The van der Waals surface area contributed by atoms with Crippen LogP contribution in [0.2, 0.25) is 0 Å². The van der Waals surface area contributed by atoms with Gasteiger partial charge in [-0.05, 0) is 29.8 Å². The number of nitrogens with zero attached hydrogens (tertiary/aromatic N) is 2. The zero-order chi connectivity index (χ0) is 20.9. The Bertz CT molecular complexity index is 1150. The van der Waals surface area contributed by atoms with Gasteiger partial charge < -0.3 is 14.4 Å². The molecule has 0 radical (unpaired) electrons. The van der Waals surface area contributed by atoms with Gasteiger partial charge >= 0.3 is 0 Å². The molecule has 3 aliphatic heterocycles. The van der Waals surface area contributed by atoms with Crippen molar-refractivity contribution in [3.8, 4) is 11.5 Å². The van der Waals surface area contributed by atoms with Gasteiger partial charge in [-0.25, -0.2) is 12.8 Å². The lowest BCUT2D eigenvalue weighted by Crippen LogP contribution is -2.37. The molecule has 30 heavy (non-hydrogen) atoms. The summed E-state index contributed by atoms with van der Waals surface area (Å²) in [4.78, 5) is 18.7. The minimum absolute atomic E-state index is 0.00425. The van der Waals surface area contributed by atoms with Crippen molar-refractivity contribution in [3.63, 3.8) is 0 Å². The van der Waals surface area contributed by atoms with Gasteiger partial charge in [0.2, 0.25) is 6.79 Å². The van der Waals surface area contributed by atoms with E-state index in [4.69, 9.17) is 9.47 Å². The van der Waals surface area contributed by atoms with Gasteiger partial charge in [0.15, 0.2) is 26.5 Å². The van der Waals surface area contributed by atoms with Crippen molar-refractivity contribution in [2.75, 3.05) is 23.2 Å². The van der Waals surface area contributed by atoms with E-state index in [1.165, 1.54) is 23.9 Å². The van der Waals surface area contributed by atoms with Crippen LogP contribution in [-0.4, -0.2) is 49.1 Å². The third-order valence-electron chi connectivity index (χ3n) is 5.19. The standard InChI is InChI=1S/C20H17FN2O5S2/c21-13-3-1-12(2-4-13)7-19(24)22-20-23(15-9-30(25,26)10-18(15)29-20)14-5-6-16-17(8-14)28-11-27-16/h1-6,8,15,18H,7,9-11H2/t15-,18-/m1/s1. The Labute approximate surface area is 176 Å². The highest BCUT2D eigenvalue weighted by atomic mass is 32.2. The van der Waals surface area contributed by atoms with E-state index in [0.717, 1.165) is 0 Å². The minimum atomic E-state index is -3.16. The van der Waals surface area contributed by atoms with Gasteiger partial charge in [0, 0.05) is 17.0 Å². The van der Waals surface area contributed by atoms with Crippen molar-refractivity contribution < 1.29 is 27.1 Å². The highest BCUT2D eigenvalue weighted by molar-refractivity contribution is 8.16. The first-order valence-electron chi connectivity index (χ1n) is 9.30. The number of sulfone groups is 1. The summed E-state index contributed by atoms with van der Waals surface area (Å²) in [5, 5.41) is 0.267. The first-order chi connectivity index (χ1) is 14.4. The predicted octanol–water partition coefficient (Wildman–Crippen LogP) is 2.40. The second-order valence-electron chi connectivity index (χ2n) is 7.30. The number of anilines is 1. The molecule has 2 aromatic carbocycles. The number of carbonyl (C=O) groups excluding carboxylic acids is 1. The zero-order valence-corrected chi connectivity index (χ0v) is 17.3. The molecule has 3 heterocycles. The fourth-order valence-corrected chi connectivity index (χ4v) is 7.76. The topological polar surface area (TPSA) is 85.3 Å². The molecule has 0 bridgehead atoms. The Balaban J connectivity index is 1.46. The van der Waals surface area contributed by atoms with Crippen LogP contribution < -0.4 is 14.4 Å². The molecule has 156 valence electrons. The third-order valence-corrected chi connectivity index (χ3v) is 8.40. The summed E-state index contributed by atoms with van der Waals surface area (Å²) in [6, 6.07) is 10.7. The third kappa shape index (κ3) is 3.65. The largest absolute Gasteiger partial charge is 0.454 e. The van der Waals surface area contributed by atoms with Crippen molar-refractivity contribution in [1.82, 2.24) is 0 Å². The molecule has 2 fully saturated rings. The van der Waals surface area contributed by atoms with E-state index in [0.29, 0.717) is 27.9 Å². The molecule has 2 saturated heterocycles. The van der Waals surface area contributed by atoms with E-state index in [1.807, 2.05) is 4.90 Å². The summed E-state index contributed by atoms with van der Waals surface area (Å²) in [6.45, 7) is 0.130. The Morgan fingerprint density at radius 1 is 1.13 bits per heavy atom. The maximum Gasteiger partial charge on any atom is 0.252 e. The second kappa shape index (κ2) is 7.28. The van der Waals surface area contributed by atoms with Gasteiger partial charge in [-0.3, -0.25) is 4.79 Å². The van der Waals surface area contributed by atoms with Crippen LogP contribution in [0.25, 0.3) is 0 Å². The molecule has 0 aliphatic carbocycles. The highest BCUT2D eigenvalue weighted by Crippen LogP contribution is 2.43. The number of thioether (sulfide) groups is 1. The number of amidine groups is 1. The Morgan fingerprint density at radius 3 is 2.70 bits per heavy atom. The number of benzene rings is 2. The first-order valence-corrected chi connectivity index (χ1v) is 12.0. The van der Waals surface area contributed by atoms with Gasteiger partial charge in [-0.15, -0.1) is 0 Å². The number of aliphatic imine (C=N–C) groups is 1. The Hall–Kier alpha value is -2.59. The quantitative estimate of drug-likeness (QED) is 0.713. The average Bonchev–Trinajstić information content (AvgIpc) is 3.34. The molecule has 5 rings (SSSR count). The van der Waals surface area contributed by atoms with Crippen LogP contribution in [0.4, 0.5) is 10.1 Å². The minimum Gasteiger partial charge on any atom is -0.454 e. The summed E-state index contributed by atoms with van der Waals surface area (Å²) in [6.07, 6.45) is 0.0347. The fraction of sp³-hybridized carbons (Fsp3) is 0.300. The summed E-state index contributed by atoms with van der Waals surface area (Å²) >= 11 is 1.30. The summed E-state index contributed by atoms with van der Waals surface area (Å²) in [7, 11) is -3.16. The van der Waals surface area contributed by atoms with Crippen LogP contribution in [0.5, 0.6) is 11.5 Å². The molecule has 10 heteroatoms. The van der Waals surface area contributed by atoms with E-state index >= 15 is 0 Å². The first kappa shape index (κ1) is 19.4. The monoisotopic (exact) mass is 448 g/mol. The van der Waals surface area contributed by atoms with E-state index < -0.39 is 9.84 Å². The predicted molar refractivity (Wildman–Crippen MR) is 111 cm³/mol. The summed E-state index contributed by atoms with van der Waals surface area (Å²) in [5.41, 5.74) is 1.36. The number of hydrogen-bond acceptors (Lipinski definition) is 6. The van der Waals surface area contributed by atoms with Crippen molar-refractivity contribution in [2.45, 2.75) is 17.7 Å². The molecular weight excluding hydrogens is 431 g/mol. The van der Waals surface area contributed by atoms with Crippen LogP contribution in [0, 0.1) is 5.82 Å². The van der Waals surface area contributed by atoms with Gasteiger partial charge in [0.1, 0.15) is 5.82 Å². The van der Waals surface area contributed by atoms with Crippen molar-refractivity contribution in [2.24, 2.45) is 4.99 Å². The number of ether oxygens (including phenoxy) is 2. The fourth-order valence-electron chi connectivity index (χ4n) is 3.82. The number of halogens is 1. The molecule has 1 amide bonds. The number of rotatable bonds is 3. The molecule has 0 spiro atoms. The second-order valence-corrected chi connectivity index (χ2v) is 10.7. The molecule has 0 aromatic heterocycles. The average molecular weight is 448 g/mol. The lowest BCUT2D eigenvalue weighted by Gasteiger charge is -2.24.